The summed E-state index contributed by atoms with van der Waals surface area (Å²) < 4.78 is 13.6. The smallest absolute Gasteiger partial charge is 0.220 e. The van der Waals surface area contributed by atoms with Gasteiger partial charge in [0.15, 0.2) is 0 Å². The molecule has 4 nitrogen and oxygen atoms in total. The highest BCUT2D eigenvalue weighted by Crippen LogP contribution is 2.23. The molecule has 1 aliphatic rings. The topological polar surface area (TPSA) is 52.6 Å². The number of nitrogens with one attached hydrogen (secondary N) is 1. The van der Waals surface area contributed by atoms with E-state index in [0.29, 0.717) is 23.7 Å². The fourth-order valence-electron chi connectivity index (χ4n) is 3.70. The predicted molar refractivity (Wildman–Crippen MR) is 104 cm³/mol. The number of benzene rings is 2. The second kappa shape index (κ2) is 9.51. The lowest BCUT2D eigenvalue weighted by molar-refractivity contribution is -0.121. The van der Waals surface area contributed by atoms with Crippen molar-refractivity contribution in [1.82, 2.24) is 10.2 Å². The van der Waals surface area contributed by atoms with E-state index in [1.54, 1.807) is 30.3 Å². The van der Waals surface area contributed by atoms with Gasteiger partial charge in [0.25, 0.3) is 0 Å². The molecular formula is C22H27FN2O2. The molecule has 0 bridgehead atoms. The first kappa shape index (κ1) is 19.4. The number of hydrogen-bond acceptors (Lipinski definition) is 3. The molecule has 1 heterocycles. The molecule has 1 fully saturated rings. The highest BCUT2D eigenvalue weighted by Gasteiger charge is 2.20. The van der Waals surface area contributed by atoms with Crippen molar-refractivity contribution in [3.8, 4) is 5.75 Å². The predicted octanol–water partition coefficient (Wildman–Crippen LogP) is 3.84. The van der Waals surface area contributed by atoms with Gasteiger partial charge in [0.05, 0.1) is 0 Å². The van der Waals surface area contributed by atoms with E-state index in [-0.39, 0.29) is 18.3 Å². The molecule has 0 radical (unpaired) electrons. The summed E-state index contributed by atoms with van der Waals surface area (Å²) in [6, 6.07) is 13.9. The third kappa shape index (κ3) is 6.07. The maximum absolute atomic E-state index is 13.6. The van der Waals surface area contributed by atoms with Gasteiger partial charge in [-0.1, -0.05) is 30.3 Å². The first-order valence-electron chi connectivity index (χ1n) is 9.60. The molecule has 0 spiro atoms. The van der Waals surface area contributed by atoms with Crippen LogP contribution in [0.1, 0.15) is 36.8 Å². The van der Waals surface area contributed by atoms with Crippen LogP contribution in [0.4, 0.5) is 4.39 Å². The number of likely N-dealkylation sites (tertiary alicyclic amines) is 1. The Morgan fingerprint density at radius 2 is 2.07 bits per heavy atom. The highest BCUT2D eigenvalue weighted by molar-refractivity contribution is 5.75. The van der Waals surface area contributed by atoms with Gasteiger partial charge in [-0.25, -0.2) is 4.39 Å². The van der Waals surface area contributed by atoms with E-state index in [9.17, 15) is 14.3 Å². The Morgan fingerprint density at radius 1 is 1.22 bits per heavy atom. The van der Waals surface area contributed by atoms with Gasteiger partial charge in [-0.2, -0.15) is 0 Å². The third-order valence-electron chi connectivity index (χ3n) is 5.13. The monoisotopic (exact) mass is 370 g/mol. The molecule has 1 saturated heterocycles. The van der Waals surface area contributed by atoms with E-state index < -0.39 is 0 Å². The fourth-order valence-corrected chi connectivity index (χ4v) is 3.70. The van der Waals surface area contributed by atoms with E-state index in [2.05, 4.69) is 10.2 Å². The maximum atomic E-state index is 13.6. The minimum absolute atomic E-state index is 0.0247. The molecule has 27 heavy (non-hydrogen) atoms. The van der Waals surface area contributed by atoms with E-state index in [4.69, 9.17) is 0 Å². The van der Waals surface area contributed by atoms with Gasteiger partial charge in [-0.15, -0.1) is 0 Å². The van der Waals surface area contributed by atoms with Gasteiger partial charge >= 0.3 is 0 Å². The molecule has 1 atom stereocenters. The Morgan fingerprint density at radius 3 is 2.89 bits per heavy atom. The van der Waals surface area contributed by atoms with Gasteiger partial charge in [-0.3, -0.25) is 9.69 Å². The molecule has 1 unspecified atom stereocenters. The van der Waals surface area contributed by atoms with E-state index >= 15 is 0 Å². The first-order chi connectivity index (χ1) is 13.1. The Balaban J connectivity index is 1.41. The van der Waals surface area contributed by atoms with Crippen molar-refractivity contribution in [2.45, 2.75) is 38.8 Å². The highest BCUT2D eigenvalue weighted by atomic mass is 19.1. The van der Waals surface area contributed by atoms with Crippen molar-refractivity contribution in [3.63, 3.8) is 0 Å². The van der Waals surface area contributed by atoms with Gasteiger partial charge in [0.1, 0.15) is 11.6 Å². The van der Waals surface area contributed by atoms with Crippen LogP contribution in [0.25, 0.3) is 0 Å². The number of phenols is 1. The molecule has 0 aliphatic carbocycles. The number of amides is 1. The summed E-state index contributed by atoms with van der Waals surface area (Å²) in [6.07, 6.45) is 3.58. The number of hydrogen-bond donors (Lipinski definition) is 2. The summed E-state index contributed by atoms with van der Waals surface area (Å²) in [4.78, 5) is 14.5. The zero-order valence-electron chi connectivity index (χ0n) is 15.5. The van der Waals surface area contributed by atoms with Crippen molar-refractivity contribution >= 4 is 5.91 Å². The van der Waals surface area contributed by atoms with Crippen molar-refractivity contribution in [3.05, 3.63) is 65.5 Å². The minimum Gasteiger partial charge on any atom is -0.508 e. The van der Waals surface area contributed by atoms with Crippen LogP contribution in [0, 0.1) is 11.7 Å². The zero-order chi connectivity index (χ0) is 19.1. The lowest BCUT2D eigenvalue weighted by Gasteiger charge is -2.32. The summed E-state index contributed by atoms with van der Waals surface area (Å²) in [7, 11) is 0. The summed E-state index contributed by atoms with van der Waals surface area (Å²) in [6.45, 7) is 3.08. The SMILES string of the molecule is O=C(CCC1CCCN(Cc2cccc(O)c2)C1)NCc1ccccc1F. The van der Waals surface area contributed by atoms with Gasteiger partial charge in [0.2, 0.25) is 5.91 Å². The molecular weight excluding hydrogens is 343 g/mol. The van der Waals surface area contributed by atoms with Crippen LogP contribution in [-0.2, 0) is 17.9 Å². The number of rotatable bonds is 7. The molecule has 3 rings (SSSR count). The lowest BCUT2D eigenvalue weighted by atomic mass is 9.93. The third-order valence-corrected chi connectivity index (χ3v) is 5.13. The van der Waals surface area contributed by atoms with Gasteiger partial charge in [-0.05, 0) is 55.5 Å². The average Bonchev–Trinajstić information content (AvgIpc) is 2.66. The Kier molecular flexibility index (Phi) is 6.82. The van der Waals surface area contributed by atoms with E-state index in [1.807, 2.05) is 12.1 Å². The molecule has 2 N–H and O–H groups in total. The number of piperidine rings is 1. The van der Waals surface area contributed by atoms with E-state index in [0.717, 1.165) is 44.5 Å². The zero-order valence-corrected chi connectivity index (χ0v) is 15.5. The average molecular weight is 370 g/mol. The summed E-state index contributed by atoms with van der Waals surface area (Å²) >= 11 is 0. The summed E-state index contributed by atoms with van der Waals surface area (Å²) in [5.41, 5.74) is 1.62. The molecule has 2 aromatic carbocycles. The molecule has 2 aromatic rings. The van der Waals surface area contributed by atoms with Crippen LogP contribution in [-0.4, -0.2) is 29.0 Å². The van der Waals surface area contributed by atoms with Crippen LogP contribution in [0.2, 0.25) is 0 Å². The lowest BCUT2D eigenvalue weighted by Crippen LogP contribution is -2.35. The summed E-state index contributed by atoms with van der Waals surface area (Å²) in [5, 5.41) is 12.4. The number of phenolic OH excluding ortho intramolecular Hbond substituents is 1. The van der Waals surface area contributed by atoms with Crippen LogP contribution in [0.5, 0.6) is 5.75 Å². The number of nitrogens with zero attached hydrogens (tertiary/aromatic N) is 1. The number of carbonyl (C=O) groups is 1. The minimum atomic E-state index is -0.285. The van der Waals surface area contributed by atoms with Gasteiger partial charge in [0, 0.05) is 31.6 Å². The molecule has 1 aliphatic heterocycles. The standard InChI is InChI=1S/C22H27FN2O2/c23-21-9-2-1-7-19(21)14-24-22(27)11-10-17-6-4-12-25(15-17)16-18-5-3-8-20(26)13-18/h1-3,5,7-9,13,17,26H,4,6,10-12,14-16H2,(H,24,27). The Bertz CT molecular complexity index is 765. The second-order valence-corrected chi connectivity index (χ2v) is 7.32. The van der Waals surface area contributed by atoms with Crippen molar-refractivity contribution in [2.24, 2.45) is 5.92 Å². The second-order valence-electron chi connectivity index (χ2n) is 7.32. The number of carbonyl (C=O) groups excluding carboxylic acids is 1. The maximum Gasteiger partial charge on any atom is 0.220 e. The molecule has 5 heteroatoms. The number of aromatic hydroxyl groups is 1. The van der Waals surface area contributed by atoms with Crippen molar-refractivity contribution in [2.75, 3.05) is 13.1 Å². The molecule has 0 aromatic heterocycles. The quantitative estimate of drug-likeness (QED) is 0.779. The van der Waals surface area contributed by atoms with Crippen molar-refractivity contribution < 1.29 is 14.3 Å². The molecule has 144 valence electrons. The Hall–Kier alpha value is -2.40. The largest absolute Gasteiger partial charge is 0.508 e. The van der Waals surface area contributed by atoms with Crippen LogP contribution in [0.15, 0.2) is 48.5 Å². The molecule has 0 saturated carbocycles. The van der Waals surface area contributed by atoms with Crippen LogP contribution < -0.4 is 5.32 Å². The van der Waals surface area contributed by atoms with Crippen LogP contribution in [0.3, 0.4) is 0 Å². The summed E-state index contributed by atoms with van der Waals surface area (Å²) in [5.74, 6) is 0.485. The van der Waals surface area contributed by atoms with Crippen LogP contribution >= 0.6 is 0 Å². The normalized spacial score (nSPS) is 17.6. The molecule has 1 amide bonds. The van der Waals surface area contributed by atoms with E-state index in [1.165, 1.54) is 6.07 Å². The fraction of sp³-hybridized carbons (Fsp3) is 0.409. The first-order valence-corrected chi connectivity index (χ1v) is 9.60. The Labute approximate surface area is 160 Å². The number of halogens is 1. The van der Waals surface area contributed by atoms with Crippen molar-refractivity contribution in [1.29, 1.82) is 0 Å². The van der Waals surface area contributed by atoms with Gasteiger partial charge < -0.3 is 10.4 Å².